The molecular weight excluding hydrogens is 220 g/mol. The number of rotatable bonds is 3. The summed E-state index contributed by atoms with van der Waals surface area (Å²) < 4.78 is 0. The van der Waals surface area contributed by atoms with Gasteiger partial charge in [0.1, 0.15) is 0 Å². The average Bonchev–Trinajstić information content (AvgIpc) is 2.38. The molecule has 0 radical (unpaired) electrons. The second-order valence-electron chi connectivity index (χ2n) is 6.90. The molecule has 1 heterocycles. The van der Waals surface area contributed by atoms with E-state index in [0.717, 1.165) is 29.8 Å². The highest BCUT2D eigenvalue weighted by atomic mass is 15.2. The third-order valence-corrected chi connectivity index (χ3v) is 5.70. The number of nitrogens with one attached hydrogen (secondary N) is 1. The molecule has 0 aromatic carbocycles. The Hall–Kier alpha value is -0.0800. The summed E-state index contributed by atoms with van der Waals surface area (Å²) in [7, 11) is 2.12. The van der Waals surface area contributed by atoms with Crippen LogP contribution in [0.4, 0.5) is 0 Å². The zero-order chi connectivity index (χ0) is 13.1. The Labute approximate surface area is 114 Å². The molecule has 106 valence electrons. The maximum Gasteiger partial charge on any atom is 0.0117 e. The van der Waals surface area contributed by atoms with Crippen LogP contribution in [0.2, 0.25) is 0 Å². The van der Waals surface area contributed by atoms with Gasteiger partial charge in [0.15, 0.2) is 0 Å². The molecule has 0 bridgehead atoms. The van der Waals surface area contributed by atoms with Crippen molar-refractivity contribution in [1.29, 1.82) is 0 Å². The van der Waals surface area contributed by atoms with E-state index in [0.29, 0.717) is 0 Å². The Morgan fingerprint density at radius 3 is 2.28 bits per heavy atom. The monoisotopic (exact) mass is 252 g/mol. The maximum absolute atomic E-state index is 3.49. The summed E-state index contributed by atoms with van der Waals surface area (Å²) in [6.07, 6.45) is 7.18. The van der Waals surface area contributed by atoms with Crippen molar-refractivity contribution < 1.29 is 0 Å². The van der Waals surface area contributed by atoms with Crippen LogP contribution in [-0.2, 0) is 0 Å². The molecule has 2 heteroatoms. The van der Waals surface area contributed by atoms with E-state index in [1.54, 1.807) is 0 Å². The first kappa shape index (κ1) is 14.3. The first-order valence-electron chi connectivity index (χ1n) is 8.03. The van der Waals surface area contributed by atoms with Gasteiger partial charge in [-0.3, -0.25) is 0 Å². The summed E-state index contributed by atoms with van der Waals surface area (Å²) in [5.74, 6) is 2.74. The fourth-order valence-electron chi connectivity index (χ4n) is 3.95. The predicted octanol–water partition coefficient (Wildman–Crippen LogP) is 3.13. The Morgan fingerprint density at radius 2 is 1.67 bits per heavy atom. The predicted molar refractivity (Wildman–Crippen MR) is 78.8 cm³/mol. The van der Waals surface area contributed by atoms with Crippen LogP contribution >= 0.6 is 0 Å². The van der Waals surface area contributed by atoms with Crippen LogP contribution in [0.1, 0.15) is 52.9 Å². The van der Waals surface area contributed by atoms with Gasteiger partial charge in [-0.25, -0.2) is 0 Å². The van der Waals surface area contributed by atoms with E-state index in [9.17, 15) is 0 Å². The summed E-state index contributed by atoms with van der Waals surface area (Å²) in [5.41, 5.74) is 0. The first-order valence-corrected chi connectivity index (χ1v) is 8.03. The standard InChI is InChI=1S/C16H32N2/c1-12-5-7-15(8-6-12)11-18-10-9-16(17-4)13(2)14(18)3/h12-17H,5-11H2,1-4H3. The van der Waals surface area contributed by atoms with E-state index in [-0.39, 0.29) is 0 Å². The summed E-state index contributed by atoms with van der Waals surface area (Å²) in [6, 6.07) is 1.47. The Balaban J connectivity index is 1.83. The molecule has 3 atom stereocenters. The molecule has 1 saturated heterocycles. The molecule has 1 aliphatic carbocycles. The molecule has 18 heavy (non-hydrogen) atoms. The van der Waals surface area contributed by atoms with Gasteiger partial charge in [-0.15, -0.1) is 0 Å². The summed E-state index contributed by atoms with van der Waals surface area (Å²) in [5, 5.41) is 3.49. The molecule has 2 nitrogen and oxygen atoms in total. The Kier molecular flexibility index (Phi) is 5.08. The van der Waals surface area contributed by atoms with Crippen LogP contribution in [0.15, 0.2) is 0 Å². The third-order valence-electron chi connectivity index (χ3n) is 5.70. The van der Waals surface area contributed by atoms with Gasteiger partial charge in [0.25, 0.3) is 0 Å². The van der Waals surface area contributed by atoms with Crippen molar-refractivity contribution in [2.24, 2.45) is 17.8 Å². The lowest BCUT2D eigenvalue weighted by molar-refractivity contribution is 0.0633. The second-order valence-corrected chi connectivity index (χ2v) is 6.90. The molecule has 0 amide bonds. The summed E-state index contributed by atoms with van der Waals surface area (Å²) in [4.78, 5) is 2.76. The van der Waals surface area contributed by atoms with Gasteiger partial charge >= 0.3 is 0 Å². The van der Waals surface area contributed by atoms with Crippen molar-refractivity contribution in [3.63, 3.8) is 0 Å². The van der Waals surface area contributed by atoms with Gasteiger partial charge in [-0.2, -0.15) is 0 Å². The number of piperidine rings is 1. The van der Waals surface area contributed by atoms with Crippen molar-refractivity contribution in [3.8, 4) is 0 Å². The zero-order valence-electron chi connectivity index (χ0n) is 12.8. The summed E-state index contributed by atoms with van der Waals surface area (Å²) in [6.45, 7) is 9.91. The Morgan fingerprint density at radius 1 is 1.00 bits per heavy atom. The fourth-order valence-corrected chi connectivity index (χ4v) is 3.95. The number of hydrogen-bond donors (Lipinski definition) is 1. The van der Waals surface area contributed by atoms with E-state index in [4.69, 9.17) is 0 Å². The zero-order valence-corrected chi connectivity index (χ0v) is 12.8. The lowest BCUT2D eigenvalue weighted by Crippen LogP contribution is -2.53. The van der Waals surface area contributed by atoms with Gasteiger partial charge in [-0.1, -0.05) is 26.7 Å². The molecule has 0 aromatic rings. The fraction of sp³-hybridized carbons (Fsp3) is 1.00. The minimum Gasteiger partial charge on any atom is -0.317 e. The largest absolute Gasteiger partial charge is 0.317 e. The highest BCUT2D eigenvalue weighted by molar-refractivity contribution is 4.89. The van der Waals surface area contributed by atoms with Crippen LogP contribution in [0.25, 0.3) is 0 Å². The van der Waals surface area contributed by atoms with Crippen LogP contribution < -0.4 is 5.32 Å². The van der Waals surface area contributed by atoms with Crippen molar-refractivity contribution in [3.05, 3.63) is 0 Å². The maximum atomic E-state index is 3.49. The van der Waals surface area contributed by atoms with Crippen molar-refractivity contribution >= 4 is 0 Å². The first-order chi connectivity index (χ1) is 8.61. The molecule has 0 aromatic heterocycles. The minimum absolute atomic E-state index is 0.725. The van der Waals surface area contributed by atoms with Gasteiger partial charge in [0.05, 0.1) is 0 Å². The average molecular weight is 252 g/mol. The molecule has 2 rings (SSSR count). The SMILES string of the molecule is CNC1CCN(CC2CCC(C)CC2)C(C)C1C. The number of nitrogens with zero attached hydrogens (tertiary/aromatic N) is 1. The number of likely N-dealkylation sites (tertiary alicyclic amines) is 1. The van der Waals surface area contributed by atoms with Gasteiger partial charge in [0.2, 0.25) is 0 Å². The van der Waals surface area contributed by atoms with E-state index < -0.39 is 0 Å². The molecule has 1 aliphatic heterocycles. The molecular formula is C16H32N2. The smallest absolute Gasteiger partial charge is 0.0117 e. The van der Waals surface area contributed by atoms with Crippen molar-refractivity contribution in [2.75, 3.05) is 20.1 Å². The van der Waals surface area contributed by atoms with Crippen LogP contribution in [0.3, 0.4) is 0 Å². The van der Waals surface area contributed by atoms with Crippen molar-refractivity contribution in [1.82, 2.24) is 10.2 Å². The minimum atomic E-state index is 0.725. The van der Waals surface area contributed by atoms with Crippen LogP contribution in [-0.4, -0.2) is 37.1 Å². The molecule has 1 N–H and O–H groups in total. The molecule has 2 fully saturated rings. The highest BCUT2D eigenvalue weighted by Crippen LogP contribution is 2.31. The highest BCUT2D eigenvalue weighted by Gasteiger charge is 2.32. The quantitative estimate of drug-likeness (QED) is 0.830. The lowest BCUT2D eigenvalue weighted by Gasteiger charge is -2.44. The van der Waals surface area contributed by atoms with Gasteiger partial charge < -0.3 is 10.2 Å². The normalized spacial score (nSPS) is 43.0. The van der Waals surface area contributed by atoms with E-state index in [2.05, 4.69) is 38.0 Å². The summed E-state index contributed by atoms with van der Waals surface area (Å²) >= 11 is 0. The molecule has 1 saturated carbocycles. The molecule has 0 spiro atoms. The van der Waals surface area contributed by atoms with E-state index >= 15 is 0 Å². The second kappa shape index (κ2) is 6.38. The third kappa shape index (κ3) is 3.27. The number of hydrogen-bond acceptors (Lipinski definition) is 2. The van der Waals surface area contributed by atoms with Crippen LogP contribution in [0, 0.1) is 17.8 Å². The molecule has 2 aliphatic rings. The topological polar surface area (TPSA) is 15.3 Å². The lowest BCUT2D eigenvalue weighted by atomic mass is 9.81. The Bertz CT molecular complexity index is 245. The van der Waals surface area contributed by atoms with E-state index in [1.165, 1.54) is 45.2 Å². The van der Waals surface area contributed by atoms with E-state index in [1.807, 2.05) is 0 Å². The van der Waals surface area contributed by atoms with Gasteiger partial charge in [-0.05, 0) is 57.5 Å². The molecule has 3 unspecified atom stereocenters. The van der Waals surface area contributed by atoms with Gasteiger partial charge in [0, 0.05) is 18.6 Å². The van der Waals surface area contributed by atoms with Crippen LogP contribution in [0.5, 0.6) is 0 Å². The van der Waals surface area contributed by atoms with Crippen molar-refractivity contribution in [2.45, 2.75) is 65.0 Å².